The first-order valence-electron chi connectivity index (χ1n) is 6.05. The van der Waals surface area contributed by atoms with E-state index in [1.807, 2.05) is 31.2 Å². The third kappa shape index (κ3) is 3.28. The molecule has 0 radical (unpaired) electrons. The van der Waals surface area contributed by atoms with Gasteiger partial charge >= 0.3 is 0 Å². The van der Waals surface area contributed by atoms with E-state index in [0.717, 1.165) is 11.1 Å². The minimum absolute atomic E-state index is 0.0653. The molecule has 0 unspecified atom stereocenters. The van der Waals surface area contributed by atoms with E-state index >= 15 is 0 Å². The number of aryl methyl sites for hydroxylation is 1. The van der Waals surface area contributed by atoms with Gasteiger partial charge in [-0.1, -0.05) is 35.9 Å². The fourth-order valence-corrected chi connectivity index (χ4v) is 1.89. The molecule has 0 fully saturated rings. The Morgan fingerprint density at radius 1 is 1.00 bits per heavy atom. The zero-order valence-electron chi connectivity index (χ0n) is 10.7. The van der Waals surface area contributed by atoms with Crippen LogP contribution >= 0.6 is 0 Å². The molecular formula is C16H15NO2. The largest absolute Gasteiger partial charge is 0.366 e. The van der Waals surface area contributed by atoms with Gasteiger partial charge in [-0.3, -0.25) is 9.59 Å². The number of Topliss-reactive ketones (excluding diaryl/α,β-unsaturated/α-hetero) is 1. The van der Waals surface area contributed by atoms with Gasteiger partial charge in [0, 0.05) is 17.5 Å². The van der Waals surface area contributed by atoms with Crippen molar-refractivity contribution < 1.29 is 9.59 Å². The molecule has 2 rings (SSSR count). The summed E-state index contributed by atoms with van der Waals surface area (Å²) in [7, 11) is 0. The van der Waals surface area contributed by atoms with Crippen molar-refractivity contribution in [2.45, 2.75) is 13.3 Å². The summed E-state index contributed by atoms with van der Waals surface area (Å²) >= 11 is 0. The van der Waals surface area contributed by atoms with Crippen LogP contribution < -0.4 is 5.73 Å². The number of carbonyl (C=O) groups excluding carboxylic acids is 2. The van der Waals surface area contributed by atoms with Gasteiger partial charge in [0.1, 0.15) is 0 Å². The van der Waals surface area contributed by atoms with Crippen LogP contribution in [0.1, 0.15) is 31.8 Å². The molecule has 0 aliphatic carbocycles. The highest BCUT2D eigenvalue weighted by molar-refractivity contribution is 5.98. The van der Waals surface area contributed by atoms with Gasteiger partial charge in [-0.05, 0) is 30.7 Å². The van der Waals surface area contributed by atoms with Crippen LogP contribution in [0.4, 0.5) is 0 Å². The minimum Gasteiger partial charge on any atom is -0.366 e. The summed E-state index contributed by atoms with van der Waals surface area (Å²) in [6, 6.07) is 14.3. The molecule has 0 heterocycles. The Bertz CT molecular complexity index is 615. The number of amides is 1. The molecule has 2 aromatic rings. The quantitative estimate of drug-likeness (QED) is 0.851. The molecule has 19 heavy (non-hydrogen) atoms. The molecule has 96 valence electrons. The molecule has 0 aliphatic heterocycles. The fraction of sp³-hybridized carbons (Fsp3) is 0.125. The van der Waals surface area contributed by atoms with E-state index in [4.69, 9.17) is 5.73 Å². The molecule has 3 heteroatoms. The normalized spacial score (nSPS) is 10.2. The lowest BCUT2D eigenvalue weighted by Gasteiger charge is -2.03. The maximum atomic E-state index is 12.1. The summed E-state index contributed by atoms with van der Waals surface area (Å²) in [5.74, 6) is -0.396. The van der Waals surface area contributed by atoms with E-state index < -0.39 is 5.91 Å². The molecule has 0 saturated heterocycles. The Kier molecular flexibility index (Phi) is 3.76. The van der Waals surface area contributed by atoms with Crippen molar-refractivity contribution in [3.05, 3.63) is 70.8 Å². The van der Waals surface area contributed by atoms with Crippen LogP contribution in [0.5, 0.6) is 0 Å². The molecular weight excluding hydrogens is 238 g/mol. The molecule has 0 aromatic heterocycles. The molecule has 0 atom stereocenters. The number of carbonyl (C=O) groups is 2. The predicted molar refractivity (Wildman–Crippen MR) is 74.2 cm³/mol. The van der Waals surface area contributed by atoms with E-state index in [9.17, 15) is 9.59 Å². The number of hydrogen-bond donors (Lipinski definition) is 1. The van der Waals surface area contributed by atoms with E-state index in [0.29, 0.717) is 17.5 Å². The topological polar surface area (TPSA) is 60.2 Å². The Morgan fingerprint density at radius 2 is 1.68 bits per heavy atom. The summed E-state index contributed by atoms with van der Waals surface area (Å²) in [5, 5.41) is 0. The van der Waals surface area contributed by atoms with Gasteiger partial charge in [-0.2, -0.15) is 0 Å². The lowest BCUT2D eigenvalue weighted by Crippen LogP contribution is -2.11. The molecule has 2 aromatic carbocycles. The first kappa shape index (κ1) is 13.0. The van der Waals surface area contributed by atoms with Crippen molar-refractivity contribution in [3.63, 3.8) is 0 Å². The Morgan fingerprint density at radius 3 is 2.26 bits per heavy atom. The highest BCUT2D eigenvalue weighted by atomic mass is 16.1. The van der Waals surface area contributed by atoms with Crippen molar-refractivity contribution in [2.24, 2.45) is 5.73 Å². The van der Waals surface area contributed by atoms with Crippen LogP contribution in [0.25, 0.3) is 0 Å². The lowest BCUT2D eigenvalue weighted by atomic mass is 10.0. The number of rotatable bonds is 4. The zero-order valence-corrected chi connectivity index (χ0v) is 10.7. The second kappa shape index (κ2) is 5.48. The zero-order chi connectivity index (χ0) is 13.8. The van der Waals surface area contributed by atoms with Crippen LogP contribution in [0.2, 0.25) is 0 Å². The van der Waals surface area contributed by atoms with Gasteiger partial charge in [0.05, 0.1) is 0 Å². The van der Waals surface area contributed by atoms with Crippen LogP contribution in [0, 0.1) is 6.92 Å². The smallest absolute Gasteiger partial charge is 0.248 e. The summed E-state index contributed by atoms with van der Waals surface area (Å²) in [6.45, 7) is 1.96. The first-order chi connectivity index (χ1) is 9.06. The third-order valence-corrected chi connectivity index (χ3v) is 2.94. The maximum absolute atomic E-state index is 12.1. The van der Waals surface area contributed by atoms with E-state index in [1.54, 1.807) is 24.3 Å². The minimum atomic E-state index is -0.462. The average molecular weight is 253 g/mol. The van der Waals surface area contributed by atoms with Crippen LogP contribution in [-0.4, -0.2) is 11.7 Å². The van der Waals surface area contributed by atoms with Crippen molar-refractivity contribution >= 4 is 11.7 Å². The van der Waals surface area contributed by atoms with Crippen LogP contribution in [0.15, 0.2) is 48.5 Å². The summed E-state index contributed by atoms with van der Waals surface area (Å²) in [6.07, 6.45) is 0.322. The average Bonchev–Trinajstić information content (AvgIpc) is 2.39. The van der Waals surface area contributed by atoms with Gasteiger partial charge in [0.25, 0.3) is 0 Å². The van der Waals surface area contributed by atoms with Crippen molar-refractivity contribution in [2.75, 3.05) is 0 Å². The molecule has 1 amide bonds. The van der Waals surface area contributed by atoms with Crippen LogP contribution in [-0.2, 0) is 6.42 Å². The van der Waals surface area contributed by atoms with Crippen molar-refractivity contribution in [1.29, 1.82) is 0 Å². The highest BCUT2D eigenvalue weighted by Gasteiger charge is 2.07. The number of benzene rings is 2. The Balaban J connectivity index is 2.13. The van der Waals surface area contributed by atoms with Gasteiger partial charge in [-0.25, -0.2) is 0 Å². The fourth-order valence-electron chi connectivity index (χ4n) is 1.89. The molecule has 2 N–H and O–H groups in total. The lowest BCUT2D eigenvalue weighted by molar-refractivity contribution is 0.0989. The predicted octanol–water partition coefficient (Wildman–Crippen LogP) is 2.52. The Hall–Kier alpha value is -2.42. The monoisotopic (exact) mass is 253 g/mol. The number of primary amides is 1. The summed E-state index contributed by atoms with van der Waals surface area (Å²) < 4.78 is 0. The molecule has 0 spiro atoms. The molecule has 0 bridgehead atoms. The second-order valence-electron chi connectivity index (χ2n) is 4.53. The first-order valence-corrected chi connectivity index (χ1v) is 6.05. The second-order valence-corrected chi connectivity index (χ2v) is 4.53. The van der Waals surface area contributed by atoms with E-state index in [1.165, 1.54) is 0 Å². The van der Waals surface area contributed by atoms with Crippen LogP contribution in [0.3, 0.4) is 0 Å². The van der Waals surface area contributed by atoms with Gasteiger partial charge in [0.2, 0.25) is 5.91 Å². The van der Waals surface area contributed by atoms with Crippen molar-refractivity contribution in [3.8, 4) is 0 Å². The molecule has 3 nitrogen and oxygen atoms in total. The van der Waals surface area contributed by atoms with E-state index in [2.05, 4.69) is 0 Å². The van der Waals surface area contributed by atoms with E-state index in [-0.39, 0.29) is 5.78 Å². The Labute approximate surface area is 112 Å². The number of hydrogen-bond acceptors (Lipinski definition) is 2. The number of ketones is 1. The van der Waals surface area contributed by atoms with Crippen molar-refractivity contribution in [1.82, 2.24) is 0 Å². The SMILES string of the molecule is Cc1cccc(C(=O)Cc2ccc(C(N)=O)cc2)c1. The molecule has 0 saturated carbocycles. The standard InChI is InChI=1S/C16H15NO2/c1-11-3-2-4-14(9-11)15(18)10-12-5-7-13(8-6-12)16(17)19/h2-9H,10H2,1H3,(H2,17,19). The summed E-state index contributed by atoms with van der Waals surface area (Å²) in [4.78, 5) is 23.0. The highest BCUT2D eigenvalue weighted by Crippen LogP contribution is 2.10. The van der Waals surface area contributed by atoms with Gasteiger partial charge in [0.15, 0.2) is 5.78 Å². The number of nitrogens with two attached hydrogens (primary N) is 1. The summed E-state index contributed by atoms with van der Waals surface area (Å²) in [5.41, 5.74) is 8.26. The van der Waals surface area contributed by atoms with Gasteiger partial charge < -0.3 is 5.73 Å². The molecule has 0 aliphatic rings. The maximum Gasteiger partial charge on any atom is 0.248 e. The third-order valence-electron chi connectivity index (χ3n) is 2.94. The van der Waals surface area contributed by atoms with Gasteiger partial charge in [-0.15, -0.1) is 0 Å².